The Balaban J connectivity index is 1.69. The van der Waals surface area contributed by atoms with Crippen LogP contribution in [0.5, 0.6) is 0 Å². The van der Waals surface area contributed by atoms with Crippen LogP contribution in [0.2, 0.25) is 0 Å². The number of carbonyl (C=O) groups is 1. The molecule has 1 aliphatic rings. The predicted octanol–water partition coefficient (Wildman–Crippen LogP) is 2.72. The van der Waals surface area contributed by atoms with Crippen LogP contribution in [0.15, 0.2) is 52.2 Å². The van der Waals surface area contributed by atoms with Gasteiger partial charge < -0.3 is 9.32 Å². The van der Waals surface area contributed by atoms with Crippen molar-refractivity contribution in [2.45, 2.75) is 31.1 Å². The Morgan fingerprint density at radius 1 is 1.00 bits per heavy atom. The molecule has 0 unspecified atom stereocenters. The van der Waals surface area contributed by atoms with E-state index in [1.807, 2.05) is 12.1 Å². The first-order chi connectivity index (χ1) is 12.2. The van der Waals surface area contributed by atoms with Gasteiger partial charge in [0, 0.05) is 26.2 Å². The number of hydrogen-bond acceptors (Lipinski definition) is 4. The Morgan fingerprint density at radius 2 is 1.62 bits per heavy atom. The first-order valence-corrected chi connectivity index (χ1v) is 10.1. The van der Waals surface area contributed by atoms with Crippen molar-refractivity contribution in [1.29, 1.82) is 0 Å². The summed E-state index contributed by atoms with van der Waals surface area (Å²) >= 11 is 0. The van der Waals surface area contributed by atoms with E-state index in [0.29, 0.717) is 23.5 Å². The summed E-state index contributed by atoms with van der Waals surface area (Å²) < 4.78 is 32.1. The maximum Gasteiger partial charge on any atom is 0.257 e. The van der Waals surface area contributed by atoms with Gasteiger partial charge in [-0.1, -0.05) is 32.9 Å². The largest absolute Gasteiger partial charge is 0.472 e. The van der Waals surface area contributed by atoms with Crippen molar-refractivity contribution in [3.8, 4) is 0 Å². The molecule has 0 radical (unpaired) electrons. The van der Waals surface area contributed by atoms with Crippen LogP contribution in [0.1, 0.15) is 36.7 Å². The lowest BCUT2D eigenvalue weighted by molar-refractivity contribution is 0.0697. The molecule has 0 N–H and O–H groups in total. The topological polar surface area (TPSA) is 70.8 Å². The van der Waals surface area contributed by atoms with Crippen molar-refractivity contribution in [2.24, 2.45) is 0 Å². The van der Waals surface area contributed by atoms with Gasteiger partial charge in [-0.15, -0.1) is 0 Å². The molecule has 0 saturated carbocycles. The van der Waals surface area contributed by atoms with Crippen LogP contribution >= 0.6 is 0 Å². The number of piperazine rings is 1. The average Bonchev–Trinajstić information content (AvgIpc) is 3.15. The van der Waals surface area contributed by atoms with Gasteiger partial charge in [-0.25, -0.2) is 8.42 Å². The van der Waals surface area contributed by atoms with Gasteiger partial charge in [0.1, 0.15) is 6.26 Å². The fourth-order valence-electron chi connectivity index (χ4n) is 2.98. The second kappa shape index (κ2) is 6.89. The quantitative estimate of drug-likeness (QED) is 0.826. The molecular formula is C19H24N2O4S. The van der Waals surface area contributed by atoms with Crippen LogP contribution in [0, 0.1) is 0 Å². The van der Waals surface area contributed by atoms with E-state index in [1.54, 1.807) is 23.1 Å². The third-order valence-corrected chi connectivity index (χ3v) is 6.56. The van der Waals surface area contributed by atoms with Crippen molar-refractivity contribution in [3.05, 3.63) is 54.0 Å². The number of sulfonamides is 1. The van der Waals surface area contributed by atoms with Gasteiger partial charge in [-0.3, -0.25) is 4.79 Å². The summed E-state index contributed by atoms with van der Waals surface area (Å²) in [5, 5.41) is 0. The number of amides is 1. The zero-order chi connectivity index (χ0) is 18.9. The zero-order valence-corrected chi connectivity index (χ0v) is 16.1. The molecule has 140 valence electrons. The molecule has 2 aromatic rings. The predicted molar refractivity (Wildman–Crippen MR) is 98.5 cm³/mol. The molecule has 0 aliphatic carbocycles. The number of furan rings is 1. The molecule has 1 fully saturated rings. The minimum Gasteiger partial charge on any atom is -0.472 e. The van der Waals surface area contributed by atoms with E-state index in [0.717, 1.165) is 5.56 Å². The lowest BCUT2D eigenvalue weighted by Gasteiger charge is -2.33. The Labute approximate surface area is 154 Å². The van der Waals surface area contributed by atoms with Gasteiger partial charge >= 0.3 is 0 Å². The molecular weight excluding hydrogens is 352 g/mol. The number of hydrogen-bond donors (Lipinski definition) is 0. The van der Waals surface area contributed by atoms with E-state index in [4.69, 9.17) is 4.42 Å². The van der Waals surface area contributed by atoms with Crippen molar-refractivity contribution in [3.63, 3.8) is 0 Å². The Morgan fingerprint density at radius 3 is 2.12 bits per heavy atom. The standard InChI is InChI=1S/C19H24N2O4S/c1-19(2,3)16-4-6-17(7-5-16)26(23,24)21-11-9-20(10-12-21)18(22)15-8-13-25-14-15/h4-8,13-14H,9-12H2,1-3H3. The third kappa shape index (κ3) is 3.68. The van der Waals surface area contributed by atoms with Crippen LogP contribution in [-0.4, -0.2) is 49.7 Å². The molecule has 1 saturated heterocycles. The summed E-state index contributed by atoms with van der Waals surface area (Å²) in [6, 6.07) is 8.68. The molecule has 7 heteroatoms. The van der Waals surface area contributed by atoms with Crippen LogP contribution in [0.3, 0.4) is 0 Å². The summed E-state index contributed by atoms with van der Waals surface area (Å²) in [6.07, 6.45) is 2.86. The van der Waals surface area contributed by atoms with E-state index in [2.05, 4.69) is 20.8 Å². The zero-order valence-electron chi connectivity index (χ0n) is 15.3. The molecule has 1 aromatic heterocycles. The highest BCUT2D eigenvalue weighted by molar-refractivity contribution is 7.89. The molecule has 1 amide bonds. The molecule has 3 rings (SSSR count). The van der Waals surface area contributed by atoms with Crippen molar-refractivity contribution in [1.82, 2.24) is 9.21 Å². The van der Waals surface area contributed by atoms with Gasteiger partial charge in [0.2, 0.25) is 10.0 Å². The molecule has 6 nitrogen and oxygen atoms in total. The van der Waals surface area contributed by atoms with E-state index >= 15 is 0 Å². The van der Waals surface area contributed by atoms with Crippen molar-refractivity contribution in [2.75, 3.05) is 26.2 Å². The SMILES string of the molecule is CC(C)(C)c1ccc(S(=O)(=O)N2CCN(C(=O)c3ccoc3)CC2)cc1. The second-order valence-corrected chi connectivity index (χ2v) is 9.42. The summed E-state index contributed by atoms with van der Waals surface area (Å²) in [4.78, 5) is 14.3. The minimum atomic E-state index is -3.55. The van der Waals surface area contributed by atoms with Gasteiger partial charge in [0.25, 0.3) is 5.91 Å². The summed E-state index contributed by atoms with van der Waals surface area (Å²) in [6.45, 7) is 7.57. The summed E-state index contributed by atoms with van der Waals surface area (Å²) in [7, 11) is -3.55. The Bertz CT molecular complexity index is 857. The first-order valence-electron chi connectivity index (χ1n) is 8.62. The van der Waals surface area contributed by atoms with Crippen LogP contribution in [-0.2, 0) is 15.4 Å². The van der Waals surface area contributed by atoms with E-state index < -0.39 is 10.0 Å². The van der Waals surface area contributed by atoms with Gasteiger partial charge in [0.15, 0.2) is 0 Å². The number of rotatable bonds is 3. The highest BCUT2D eigenvalue weighted by Gasteiger charge is 2.30. The number of carbonyl (C=O) groups excluding carboxylic acids is 1. The minimum absolute atomic E-state index is 0.0264. The number of nitrogens with zero attached hydrogens (tertiary/aromatic N) is 2. The van der Waals surface area contributed by atoms with Crippen molar-refractivity contribution < 1.29 is 17.6 Å². The number of benzene rings is 1. The molecule has 1 aromatic carbocycles. The molecule has 0 atom stereocenters. The Kier molecular flexibility index (Phi) is 4.94. The Hall–Kier alpha value is -2.12. The molecule has 1 aliphatic heterocycles. The maximum absolute atomic E-state index is 12.9. The lowest BCUT2D eigenvalue weighted by atomic mass is 9.87. The van der Waals surface area contributed by atoms with Gasteiger partial charge in [-0.05, 0) is 29.2 Å². The van der Waals surface area contributed by atoms with Crippen LogP contribution in [0.25, 0.3) is 0 Å². The van der Waals surface area contributed by atoms with E-state index in [1.165, 1.54) is 16.8 Å². The third-order valence-electron chi connectivity index (χ3n) is 4.65. The smallest absolute Gasteiger partial charge is 0.257 e. The van der Waals surface area contributed by atoms with Crippen LogP contribution in [0.4, 0.5) is 0 Å². The van der Waals surface area contributed by atoms with Crippen LogP contribution < -0.4 is 0 Å². The molecule has 0 spiro atoms. The highest BCUT2D eigenvalue weighted by Crippen LogP contribution is 2.25. The summed E-state index contributed by atoms with van der Waals surface area (Å²) in [5.74, 6) is -0.134. The van der Waals surface area contributed by atoms with Gasteiger partial charge in [-0.2, -0.15) is 4.31 Å². The fraction of sp³-hybridized carbons (Fsp3) is 0.421. The molecule has 2 heterocycles. The lowest BCUT2D eigenvalue weighted by Crippen LogP contribution is -2.50. The normalized spacial score (nSPS) is 16.7. The fourth-order valence-corrected chi connectivity index (χ4v) is 4.40. The molecule has 26 heavy (non-hydrogen) atoms. The maximum atomic E-state index is 12.9. The first kappa shape index (κ1) is 18.7. The average molecular weight is 376 g/mol. The molecule has 0 bridgehead atoms. The van der Waals surface area contributed by atoms with E-state index in [9.17, 15) is 13.2 Å². The van der Waals surface area contributed by atoms with E-state index in [-0.39, 0.29) is 24.4 Å². The monoisotopic (exact) mass is 376 g/mol. The highest BCUT2D eigenvalue weighted by atomic mass is 32.2. The summed E-state index contributed by atoms with van der Waals surface area (Å²) in [5.41, 5.74) is 1.55. The second-order valence-electron chi connectivity index (χ2n) is 7.48. The van der Waals surface area contributed by atoms with Gasteiger partial charge in [0.05, 0.1) is 16.7 Å². The van der Waals surface area contributed by atoms with Crippen molar-refractivity contribution >= 4 is 15.9 Å².